The zero-order valence-corrected chi connectivity index (χ0v) is 14.8. The summed E-state index contributed by atoms with van der Waals surface area (Å²) < 4.78 is 5.66. The van der Waals surface area contributed by atoms with Crippen LogP contribution in [0, 0.1) is 11.3 Å². The largest absolute Gasteiger partial charge is 0.478 e. The van der Waals surface area contributed by atoms with Crippen LogP contribution < -0.4 is 5.32 Å². The summed E-state index contributed by atoms with van der Waals surface area (Å²) in [5, 5.41) is 21.5. The Labute approximate surface area is 157 Å². The van der Waals surface area contributed by atoms with Gasteiger partial charge in [0.2, 0.25) is 0 Å². The molecule has 0 saturated heterocycles. The molecule has 1 aromatic heterocycles. The Kier molecular flexibility index (Phi) is 5.72. The number of rotatable bonds is 5. The summed E-state index contributed by atoms with van der Waals surface area (Å²) in [6.07, 6.45) is 6.59. The van der Waals surface area contributed by atoms with Gasteiger partial charge in [0.15, 0.2) is 0 Å². The molecular formula is C21H20N2O4. The number of carboxylic acids is 1. The van der Waals surface area contributed by atoms with Crippen LogP contribution in [0.1, 0.15) is 48.2 Å². The van der Waals surface area contributed by atoms with Crippen molar-refractivity contribution in [1.29, 1.82) is 5.26 Å². The quantitative estimate of drug-likeness (QED) is 0.616. The summed E-state index contributed by atoms with van der Waals surface area (Å²) in [7, 11) is 0. The van der Waals surface area contributed by atoms with Crippen LogP contribution in [0.4, 0.5) is 0 Å². The second kappa shape index (κ2) is 8.37. The van der Waals surface area contributed by atoms with Crippen molar-refractivity contribution in [2.75, 3.05) is 0 Å². The molecule has 2 N–H and O–H groups in total. The SMILES string of the molecule is N#C/C(=C\c1ccc(-c2ccccc2C(=O)O)o1)C(=O)NC1CCCCC1. The van der Waals surface area contributed by atoms with Crippen molar-refractivity contribution >= 4 is 18.0 Å². The fourth-order valence-electron chi connectivity index (χ4n) is 3.26. The molecule has 1 aliphatic carbocycles. The van der Waals surface area contributed by atoms with Crippen LogP contribution in [0.25, 0.3) is 17.4 Å². The second-order valence-electron chi connectivity index (χ2n) is 6.53. The van der Waals surface area contributed by atoms with E-state index in [0.29, 0.717) is 17.1 Å². The van der Waals surface area contributed by atoms with Gasteiger partial charge in [-0.2, -0.15) is 5.26 Å². The van der Waals surface area contributed by atoms with Gasteiger partial charge >= 0.3 is 5.97 Å². The van der Waals surface area contributed by atoms with E-state index in [4.69, 9.17) is 4.42 Å². The number of aromatic carboxylic acids is 1. The molecule has 138 valence electrons. The molecule has 27 heavy (non-hydrogen) atoms. The first-order valence-electron chi connectivity index (χ1n) is 8.93. The van der Waals surface area contributed by atoms with Crippen LogP contribution in [-0.4, -0.2) is 23.0 Å². The topological polar surface area (TPSA) is 103 Å². The highest BCUT2D eigenvalue weighted by molar-refractivity contribution is 6.01. The normalized spacial score (nSPS) is 15.1. The first-order chi connectivity index (χ1) is 13.1. The number of amides is 1. The third kappa shape index (κ3) is 4.45. The molecule has 0 atom stereocenters. The van der Waals surface area contributed by atoms with Crippen molar-refractivity contribution in [1.82, 2.24) is 5.32 Å². The van der Waals surface area contributed by atoms with Crippen LogP contribution in [0.5, 0.6) is 0 Å². The number of carboxylic acid groups (broad SMARTS) is 1. The Balaban J connectivity index is 1.79. The van der Waals surface area contributed by atoms with Crippen LogP contribution in [-0.2, 0) is 4.79 Å². The molecule has 1 aromatic carbocycles. The number of carbonyl (C=O) groups is 2. The lowest BCUT2D eigenvalue weighted by molar-refractivity contribution is -0.117. The minimum absolute atomic E-state index is 0.0343. The van der Waals surface area contributed by atoms with Crippen molar-refractivity contribution in [3.05, 3.63) is 53.3 Å². The van der Waals surface area contributed by atoms with Gasteiger partial charge in [-0.3, -0.25) is 4.79 Å². The molecular weight excluding hydrogens is 344 g/mol. The molecule has 3 rings (SSSR count). The van der Waals surface area contributed by atoms with Crippen molar-refractivity contribution in [2.45, 2.75) is 38.1 Å². The van der Waals surface area contributed by atoms with E-state index in [1.807, 2.05) is 6.07 Å². The highest BCUT2D eigenvalue weighted by Crippen LogP contribution is 2.27. The summed E-state index contributed by atoms with van der Waals surface area (Å²) >= 11 is 0. The number of hydrogen-bond acceptors (Lipinski definition) is 4. The molecule has 1 amide bonds. The second-order valence-corrected chi connectivity index (χ2v) is 6.53. The van der Waals surface area contributed by atoms with Crippen molar-refractivity contribution in [3.8, 4) is 17.4 Å². The zero-order valence-electron chi connectivity index (χ0n) is 14.8. The van der Waals surface area contributed by atoms with Crippen LogP contribution in [0.3, 0.4) is 0 Å². The molecule has 1 fully saturated rings. The Bertz CT molecular complexity index is 914. The predicted octanol–water partition coefficient (Wildman–Crippen LogP) is 4.00. The predicted molar refractivity (Wildman–Crippen MR) is 99.7 cm³/mol. The van der Waals surface area contributed by atoms with E-state index in [-0.39, 0.29) is 17.2 Å². The van der Waals surface area contributed by atoms with Crippen LogP contribution in [0.2, 0.25) is 0 Å². The molecule has 2 aromatic rings. The molecule has 0 radical (unpaired) electrons. The Morgan fingerprint density at radius 3 is 2.59 bits per heavy atom. The average molecular weight is 364 g/mol. The summed E-state index contributed by atoms with van der Waals surface area (Å²) in [6, 6.07) is 11.8. The minimum Gasteiger partial charge on any atom is -0.478 e. The van der Waals surface area contributed by atoms with E-state index in [0.717, 1.165) is 25.7 Å². The van der Waals surface area contributed by atoms with Gasteiger partial charge in [-0.15, -0.1) is 0 Å². The van der Waals surface area contributed by atoms with E-state index in [2.05, 4.69) is 5.32 Å². The number of hydrogen-bond donors (Lipinski definition) is 2. The van der Waals surface area contributed by atoms with Crippen molar-refractivity contribution in [3.63, 3.8) is 0 Å². The first kappa shape index (κ1) is 18.5. The smallest absolute Gasteiger partial charge is 0.336 e. The summed E-state index contributed by atoms with van der Waals surface area (Å²) in [5.74, 6) is -0.776. The maximum atomic E-state index is 12.3. The lowest BCUT2D eigenvalue weighted by Crippen LogP contribution is -2.36. The van der Waals surface area contributed by atoms with E-state index >= 15 is 0 Å². The van der Waals surface area contributed by atoms with Crippen molar-refractivity contribution < 1.29 is 19.1 Å². The minimum atomic E-state index is -1.05. The summed E-state index contributed by atoms with van der Waals surface area (Å²) in [4.78, 5) is 23.7. The molecule has 0 aliphatic heterocycles. The van der Waals surface area contributed by atoms with E-state index in [1.54, 1.807) is 30.3 Å². The van der Waals surface area contributed by atoms with Crippen LogP contribution in [0.15, 0.2) is 46.4 Å². The van der Waals surface area contributed by atoms with Crippen LogP contribution >= 0.6 is 0 Å². The average Bonchev–Trinajstić information content (AvgIpc) is 3.15. The lowest BCUT2D eigenvalue weighted by atomic mass is 9.95. The van der Waals surface area contributed by atoms with Gasteiger partial charge in [0.05, 0.1) is 5.56 Å². The first-order valence-corrected chi connectivity index (χ1v) is 8.93. The van der Waals surface area contributed by atoms with Gasteiger partial charge in [-0.05, 0) is 31.0 Å². The van der Waals surface area contributed by atoms with E-state index in [1.165, 1.54) is 18.6 Å². The Morgan fingerprint density at radius 2 is 1.89 bits per heavy atom. The number of benzene rings is 1. The zero-order chi connectivity index (χ0) is 19.2. The number of nitrogens with one attached hydrogen (secondary N) is 1. The number of furan rings is 1. The highest BCUT2D eigenvalue weighted by Gasteiger charge is 2.19. The molecule has 0 spiro atoms. The maximum absolute atomic E-state index is 12.3. The van der Waals surface area contributed by atoms with Gasteiger partial charge in [0.1, 0.15) is 23.2 Å². The molecule has 1 aliphatic rings. The molecule has 6 heteroatoms. The summed E-state index contributed by atoms with van der Waals surface area (Å²) in [5.41, 5.74) is 0.528. The molecule has 0 bridgehead atoms. The fourth-order valence-corrected chi connectivity index (χ4v) is 3.26. The summed E-state index contributed by atoms with van der Waals surface area (Å²) in [6.45, 7) is 0. The maximum Gasteiger partial charge on any atom is 0.336 e. The monoisotopic (exact) mass is 364 g/mol. The van der Waals surface area contributed by atoms with Gasteiger partial charge < -0.3 is 14.8 Å². The lowest BCUT2D eigenvalue weighted by Gasteiger charge is -2.22. The Hall–Kier alpha value is -3.33. The van der Waals surface area contributed by atoms with E-state index < -0.39 is 11.9 Å². The van der Waals surface area contributed by atoms with E-state index in [9.17, 15) is 20.0 Å². The fraction of sp³-hybridized carbons (Fsp3) is 0.286. The number of nitrogens with zero attached hydrogens (tertiary/aromatic N) is 1. The van der Waals surface area contributed by atoms with Gasteiger partial charge in [0, 0.05) is 17.7 Å². The molecule has 0 unspecified atom stereocenters. The molecule has 1 saturated carbocycles. The highest BCUT2D eigenvalue weighted by atomic mass is 16.4. The standard InChI is InChI=1S/C21H20N2O4/c22-13-14(20(24)23-15-6-2-1-3-7-15)12-16-10-11-19(27-16)17-8-4-5-9-18(17)21(25)26/h4-5,8-12,15H,1-3,6-7H2,(H,23,24)(H,25,26)/b14-12+. The number of carbonyl (C=O) groups excluding carboxylic acids is 1. The molecule has 1 heterocycles. The van der Waals surface area contributed by atoms with Crippen molar-refractivity contribution in [2.24, 2.45) is 0 Å². The van der Waals surface area contributed by atoms with Gasteiger partial charge in [-0.1, -0.05) is 37.5 Å². The van der Waals surface area contributed by atoms with Gasteiger partial charge in [0.25, 0.3) is 5.91 Å². The third-order valence-electron chi connectivity index (χ3n) is 4.64. The Morgan fingerprint density at radius 1 is 1.15 bits per heavy atom. The van der Waals surface area contributed by atoms with Gasteiger partial charge in [-0.25, -0.2) is 4.79 Å². The molecule has 6 nitrogen and oxygen atoms in total. The third-order valence-corrected chi connectivity index (χ3v) is 4.64. The number of nitriles is 1.